The van der Waals surface area contributed by atoms with Crippen LogP contribution in [0.3, 0.4) is 0 Å². The Labute approximate surface area is 128 Å². The number of nitro benzene ring substituents is 1. The number of amides is 1. The third kappa shape index (κ3) is 4.59. The first-order valence-electron chi connectivity index (χ1n) is 6.70. The van der Waals surface area contributed by atoms with Crippen molar-refractivity contribution in [1.82, 2.24) is 0 Å². The van der Waals surface area contributed by atoms with Gasteiger partial charge in [0, 0.05) is 13.5 Å². The number of hydrogen-bond acceptors (Lipinski definition) is 6. The van der Waals surface area contributed by atoms with Crippen LogP contribution in [-0.2, 0) is 9.53 Å². The molecule has 1 atom stereocenters. The highest BCUT2D eigenvalue weighted by molar-refractivity contribution is 5.73. The fourth-order valence-corrected chi connectivity index (χ4v) is 1.88. The van der Waals surface area contributed by atoms with E-state index in [-0.39, 0.29) is 24.5 Å². The van der Waals surface area contributed by atoms with Crippen molar-refractivity contribution in [3.05, 3.63) is 27.8 Å². The molecule has 0 spiro atoms. The van der Waals surface area contributed by atoms with Crippen molar-refractivity contribution in [2.24, 2.45) is 5.73 Å². The molecule has 8 heteroatoms. The third-order valence-electron chi connectivity index (χ3n) is 3.13. The average Bonchev–Trinajstić information content (AvgIpc) is 2.49. The first-order chi connectivity index (χ1) is 10.4. The lowest BCUT2D eigenvalue weighted by Gasteiger charge is -2.15. The molecule has 22 heavy (non-hydrogen) atoms. The first-order valence-corrected chi connectivity index (χ1v) is 6.70. The Morgan fingerprint density at radius 2 is 2.05 bits per heavy atom. The molecule has 1 unspecified atom stereocenters. The zero-order valence-electron chi connectivity index (χ0n) is 12.8. The lowest BCUT2D eigenvalue weighted by atomic mass is 10.1. The van der Waals surface area contributed by atoms with Crippen molar-refractivity contribution < 1.29 is 23.9 Å². The van der Waals surface area contributed by atoms with Gasteiger partial charge in [-0.25, -0.2) is 0 Å². The van der Waals surface area contributed by atoms with Gasteiger partial charge in [0.25, 0.3) is 5.69 Å². The number of rotatable bonds is 9. The summed E-state index contributed by atoms with van der Waals surface area (Å²) in [5.41, 5.74) is 5.32. The molecular weight excluding hydrogens is 292 g/mol. The molecule has 0 saturated carbocycles. The minimum atomic E-state index is -0.499. The SMILES string of the molecule is COc1cc(C(C)OC)c([N+](=O)[O-])cc1OCCCC(N)=O. The van der Waals surface area contributed by atoms with Gasteiger partial charge in [-0.2, -0.15) is 0 Å². The summed E-state index contributed by atoms with van der Waals surface area (Å²) in [5.74, 6) is 0.181. The second-order valence-electron chi connectivity index (χ2n) is 4.62. The number of carbonyl (C=O) groups is 1. The summed E-state index contributed by atoms with van der Waals surface area (Å²) in [7, 11) is 2.91. The lowest BCUT2D eigenvalue weighted by molar-refractivity contribution is -0.386. The van der Waals surface area contributed by atoms with Gasteiger partial charge in [-0.1, -0.05) is 0 Å². The van der Waals surface area contributed by atoms with Crippen LogP contribution in [-0.4, -0.2) is 31.7 Å². The van der Waals surface area contributed by atoms with Gasteiger partial charge in [-0.3, -0.25) is 14.9 Å². The van der Waals surface area contributed by atoms with E-state index in [1.807, 2.05) is 0 Å². The molecule has 2 N–H and O–H groups in total. The van der Waals surface area contributed by atoms with Crippen LogP contribution < -0.4 is 15.2 Å². The van der Waals surface area contributed by atoms with E-state index >= 15 is 0 Å². The van der Waals surface area contributed by atoms with E-state index in [1.54, 1.807) is 6.92 Å². The Morgan fingerprint density at radius 1 is 1.36 bits per heavy atom. The van der Waals surface area contributed by atoms with Gasteiger partial charge < -0.3 is 19.9 Å². The summed E-state index contributed by atoms with van der Waals surface area (Å²) in [6.45, 7) is 1.91. The first kappa shape index (κ1) is 17.7. The topological polar surface area (TPSA) is 114 Å². The summed E-state index contributed by atoms with van der Waals surface area (Å²) in [4.78, 5) is 21.4. The van der Waals surface area contributed by atoms with Gasteiger partial charge in [-0.05, 0) is 19.4 Å². The molecule has 0 heterocycles. The number of nitro groups is 1. The molecule has 122 valence electrons. The maximum absolute atomic E-state index is 11.2. The molecule has 0 radical (unpaired) electrons. The minimum absolute atomic E-state index is 0.111. The van der Waals surface area contributed by atoms with Crippen LogP contribution in [0.1, 0.15) is 31.4 Å². The van der Waals surface area contributed by atoms with Crippen molar-refractivity contribution in [3.8, 4) is 11.5 Å². The zero-order chi connectivity index (χ0) is 16.7. The predicted octanol–water partition coefficient (Wildman–Crippen LogP) is 1.96. The average molecular weight is 312 g/mol. The third-order valence-corrected chi connectivity index (χ3v) is 3.13. The van der Waals surface area contributed by atoms with Gasteiger partial charge in [0.2, 0.25) is 5.91 Å². The number of carbonyl (C=O) groups excluding carboxylic acids is 1. The summed E-state index contributed by atoms with van der Waals surface area (Å²) < 4.78 is 15.8. The molecule has 1 rings (SSSR count). The number of ether oxygens (including phenoxy) is 3. The zero-order valence-corrected chi connectivity index (χ0v) is 12.8. The molecule has 1 aromatic carbocycles. The van der Waals surface area contributed by atoms with Crippen molar-refractivity contribution in [2.45, 2.75) is 25.9 Å². The van der Waals surface area contributed by atoms with Gasteiger partial charge >= 0.3 is 0 Å². The van der Waals surface area contributed by atoms with Crippen LogP contribution in [0, 0.1) is 10.1 Å². The van der Waals surface area contributed by atoms with E-state index in [0.717, 1.165) is 0 Å². The number of benzene rings is 1. The highest BCUT2D eigenvalue weighted by Crippen LogP contribution is 2.38. The summed E-state index contributed by atoms with van der Waals surface area (Å²) >= 11 is 0. The van der Waals surface area contributed by atoms with Crippen molar-refractivity contribution in [2.75, 3.05) is 20.8 Å². The van der Waals surface area contributed by atoms with E-state index < -0.39 is 16.9 Å². The van der Waals surface area contributed by atoms with Crippen LogP contribution in [0.15, 0.2) is 12.1 Å². The quantitative estimate of drug-likeness (QED) is 0.423. The van der Waals surface area contributed by atoms with Crippen molar-refractivity contribution in [3.63, 3.8) is 0 Å². The van der Waals surface area contributed by atoms with Crippen LogP contribution in [0.5, 0.6) is 11.5 Å². The van der Waals surface area contributed by atoms with Crippen LogP contribution in [0.4, 0.5) is 5.69 Å². The van der Waals surface area contributed by atoms with E-state index in [2.05, 4.69) is 0 Å². The van der Waals surface area contributed by atoms with E-state index in [9.17, 15) is 14.9 Å². The van der Waals surface area contributed by atoms with Gasteiger partial charge in [0.15, 0.2) is 11.5 Å². The fourth-order valence-electron chi connectivity index (χ4n) is 1.88. The van der Waals surface area contributed by atoms with Crippen molar-refractivity contribution >= 4 is 11.6 Å². The van der Waals surface area contributed by atoms with Crippen molar-refractivity contribution in [1.29, 1.82) is 0 Å². The van der Waals surface area contributed by atoms with Gasteiger partial charge in [-0.15, -0.1) is 0 Å². The molecule has 0 saturated heterocycles. The Bertz CT molecular complexity index is 546. The van der Waals surface area contributed by atoms with Crippen LogP contribution in [0.2, 0.25) is 0 Å². The smallest absolute Gasteiger partial charge is 0.279 e. The highest BCUT2D eigenvalue weighted by atomic mass is 16.6. The molecule has 0 aliphatic rings. The lowest BCUT2D eigenvalue weighted by Crippen LogP contribution is -2.12. The Morgan fingerprint density at radius 3 is 2.55 bits per heavy atom. The summed E-state index contributed by atoms with van der Waals surface area (Å²) in [6, 6.07) is 2.82. The second-order valence-corrected chi connectivity index (χ2v) is 4.62. The molecule has 0 bridgehead atoms. The van der Waals surface area contributed by atoms with E-state index in [0.29, 0.717) is 17.7 Å². The summed E-state index contributed by atoms with van der Waals surface area (Å²) in [5, 5.41) is 11.2. The largest absolute Gasteiger partial charge is 0.493 e. The number of methoxy groups -OCH3 is 2. The predicted molar refractivity (Wildman–Crippen MR) is 79.0 cm³/mol. The molecule has 0 aliphatic carbocycles. The monoisotopic (exact) mass is 312 g/mol. The Balaban J connectivity index is 3.03. The maximum atomic E-state index is 11.2. The number of hydrogen-bond donors (Lipinski definition) is 1. The highest BCUT2D eigenvalue weighted by Gasteiger charge is 2.23. The normalized spacial score (nSPS) is 11.8. The van der Waals surface area contributed by atoms with Gasteiger partial charge in [0.1, 0.15) is 0 Å². The van der Waals surface area contributed by atoms with Gasteiger partial charge in [0.05, 0.1) is 36.4 Å². The van der Waals surface area contributed by atoms with E-state index in [4.69, 9.17) is 19.9 Å². The molecule has 0 aliphatic heterocycles. The molecule has 0 aromatic heterocycles. The number of nitrogens with two attached hydrogens (primary N) is 1. The van der Waals surface area contributed by atoms with Crippen LogP contribution in [0.25, 0.3) is 0 Å². The summed E-state index contributed by atoms with van der Waals surface area (Å²) in [6.07, 6.45) is 0.143. The molecule has 1 amide bonds. The second kappa shape index (κ2) is 8.18. The standard InChI is InChI=1S/C14H20N2O6/c1-9(20-2)10-7-12(21-3)13(8-11(10)16(18)19)22-6-4-5-14(15)17/h7-9H,4-6H2,1-3H3,(H2,15,17). The minimum Gasteiger partial charge on any atom is -0.493 e. The Hall–Kier alpha value is -2.35. The molecular formula is C14H20N2O6. The molecule has 0 fully saturated rings. The molecule has 8 nitrogen and oxygen atoms in total. The maximum Gasteiger partial charge on any atom is 0.279 e. The van der Waals surface area contributed by atoms with Crippen LogP contribution >= 0.6 is 0 Å². The fraction of sp³-hybridized carbons (Fsp3) is 0.500. The Kier molecular flexibility index (Phi) is 6.58. The van der Waals surface area contributed by atoms with E-state index in [1.165, 1.54) is 26.4 Å². The number of primary amides is 1. The number of nitrogens with zero attached hydrogens (tertiary/aromatic N) is 1. The molecule has 1 aromatic rings.